The Labute approximate surface area is 208 Å². The first-order valence-electron chi connectivity index (χ1n) is 11.5. The normalized spacial score (nSPS) is 14.0. The maximum absolute atomic E-state index is 12.7. The van der Waals surface area contributed by atoms with Gasteiger partial charge in [0.1, 0.15) is 24.5 Å². The van der Waals surface area contributed by atoms with Crippen LogP contribution in [0.3, 0.4) is 0 Å². The van der Waals surface area contributed by atoms with Gasteiger partial charge in [-0.05, 0) is 74.5 Å². The van der Waals surface area contributed by atoms with Gasteiger partial charge in [0, 0.05) is 28.9 Å². The van der Waals surface area contributed by atoms with Crippen LogP contribution in [0.5, 0.6) is 5.75 Å². The molecule has 0 atom stereocenters. The molecule has 0 saturated carbocycles. The molecule has 3 heterocycles. The molecule has 0 unspecified atom stereocenters. The summed E-state index contributed by atoms with van der Waals surface area (Å²) in [6.45, 7) is 2.07. The number of carbonyl (C=O) groups excluding carboxylic acids is 1. The average molecular weight is 489 g/mol. The van der Waals surface area contributed by atoms with Gasteiger partial charge in [-0.3, -0.25) is 9.78 Å². The largest absolute Gasteiger partial charge is 0.486 e. The second-order valence-electron chi connectivity index (χ2n) is 8.35. The molecule has 1 amide bonds. The van der Waals surface area contributed by atoms with Crippen LogP contribution >= 0.6 is 11.6 Å². The van der Waals surface area contributed by atoms with E-state index >= 15 is 0 Å². The number of pyridine rings is 1. The van der Waals surface area contributed by atoms with Gasteiger partial charge in [-0.15, -0.1) is 0 Å². The maximum atomic E-state index is 12.7. The smallest absolute Gasteiger partial charge is 0.227 e. The summed E-state index contributed by atoms with van der Waals surface area (Å²) in [7, 11) is 0. The lowest BCUT2D eigenvalue weighted by molar-refractivity contribution is -0.120. The van der Waals surface area contributed by atoms with Crippen LogP contribution in [-0.2, 0) is 11.4 Å². The first-order valence-corrected chi connectivity index (χ1v) is 11.9. The molecule has 3 N–H and O–H groups in total. The number of carbonyl (C=O) groups is 1. The van der Waals surface area contributed by atoms with Crippen molar-refractivity contribution in [2.24, 2.45) is 5.92 Å². The van der Waals surface area contributed by atoms with E-state index in [2.05, 4.69) is 30.9 Å². The van der Waals surface area contributed by atoms with Gasteiger partial charge in [0.25, 0.3) is 0 Å². The highest BCUT2D eigenvalue weighted by Crippen LogP contribution is 2.31. The van der Waals surface area contributed by atoms with Gasteiger partial charge < -0.3 is 20.7 Å². The number of piperidine rings is 1. The number of nitrogens with one attached hydrogen (secondary N) is 3. The number of nitrogens with zero attached hydrogens (tertiary/aromatic N) is 3. The van der Waals surface area contributed by atoms with E-state index in [4.69, 9.17) is 16.3 Å². The summed E-state index contributed by atoms with van der Waals surface area (Å²) in [5.41, 5.74) is 3.06. The molecule has 1 saturated heterocycles. The van der Waals surface area contributed by atoms with Crippen molar-refractivity contribution in [3.63, 3.8) is 0 Å². The number of hydrogen-bond acceptors (Lipinski definition) is 7. The van der Waals surface area contributed by atoms with E-state index in [1.54, 1.807) is 12.3 Å². The molecule has 4 aromatic rings. The van der Waals surface area contributed by atoms with Crippen LogP contribution in [0.4, 0.5) is 17.2 Å². The Kier molecular flexibility index (Phi) is 7.02. The van der Waals surface area contributed by atoms with Gasteiger partial charge in [-0.2, -0.15) is 0 Å². The lowest BCUT2D eigenvalue weighted by Gasteiger charge is -2.21. The van der Waals surface area contributed by atoms with Crippen LogP contribution in [0.25, 0.3) is 10.9 Å². The molecule has 1 aliphatic heterocycles. The molecule has 8 nitrogen and oxygen atoms in total. The van der Waals surface area contributed by atoms with Crippen molar-refractivity contribution >= 4 is 45.6 Å². The molecule has 0 bridgehead atoms. The Hall–Kier alpha value is -3.75. The highest BCUT2D eigenvalue weighted by molar-refractivity contribution is 6.32. The van der Waals surface area contributed by atoms with E-state index in [-0.39, 0.29) is 11.8 Å². The summed E-state index contributed by atoms with van der Waals surface area (Å²) in [6, 6.07) is 16.8. The minimum Gasteiger partial charge on any atom is -0.486 e. The highest BCUT2D eigenvalue weighted by Gasteiger charge is 2.21. The predicted octanol–water partition coefficient (Wildman–Crippen LogP) is 4.94. The fourth-order valence-electron chi connectivity index (χ4n) is 4.03. The van der Waals surface area contributed by atoms with Crippen LogP contribution in [0.1, 0.15) is 18.5 Å². The van der Waals surface area contributed by atoms with Crippen molar-refractivity contribution in [1.29, 1.82) is 0 Å². The van der Waals surface area contributed by atoms with E-state index < -0.39 is 0 Å². The number of halogens is 1. The molecule has 9 heteroatoms. The molecule has 5 rings (SSSR count). The van der Waals surface area contributed by atoms with Crippen molar-refractivity contribution in [2.45, 2.75) is 19.4 Å². The number of aromatic nitrogens is 3. The van der Waals surface area contributed by atoms with Gasteiger partial charge >= 0.3 is 0 Å². The fourth-order valence-corrected chi connectivity index (χ4v) is 4.27. The number of hydrogen-bond donors (Lipinski definition) is 3. The second-order valence-corrected chi connectivity index (χ2v) is 8.75. The third kappa shape index (κ3) is 5.67. The maximum Gasteiger partial charge on any atom is 0.227 e. The Balaban J connectivity index is 1.31. The minimum absolute atomic E-state index is 0.0251. The molecule has 0 aliphatic carbocycles. The highest BCUT2D eigenvalue weighted by atomic mass is 35.5. The zero-order valence-electron chi connectivity index (χ0n) is 19.0. The SMILES string of the molecule is O=C(Nc1ccc2ncnc(Nc3ccc(OCc4ccccn4)c(Cl)c3)c2c1)C1CCNCC1. The average Bonchev–Trinajstić information content (AvgIpc) is 2.90. The summed E-state index contributed by atoms with van der Waals surface area (Å²) in [5.74, 6) is 1.26. The van der Waals surface area contributed by atoms with Gasteiger partial charge in [-0.1, -0.05) is 17.7 Å². The van der Waals surface area contributed by atoms with Crippen LogP contribution in [0, 0.1) is 5.92 Å². The van der Waals surface area contributed by atoms with Gasteiger partial charge in [0.2, 0.25) is 5.91 Å². The third-order valence-corrected chi connectivity index (χ3v) is 6.20. The molecule has 0 radical (unpaired) electrons. The summed E-state index contributed by atoms with van der Waals surface area (Å²) < 4.78 is 5.81. The van der Waals surface area contributed by atoms with Crippen LogP contribution in [0.2, 0.25) is 5.02 Å². The summed E-state index contributed by atoms with van der Waals surface area (Å²) >= 11 is 6.47. The Morgan fingerprint density at radius 3 is 2.69 bits per heavy atom. The van der Waals surface area contributed by atoms with E-state index in [9.17, 15) is 4.79 Å². The topological polar surface area (TPSA) is 101 Å². The molecular formula is C26H25ClN6O2. The number of amides is 1. The molecule has 178 valence electrons. The summed E-state index contributed by atoms with van der Waals surface area (Å²) in [6.07, 6.45) is 4.92. The third-order valence-electron chi connectivity index (χ3n) is 5.91. The Morgan fingerprint density at radius 2 is 1.89 bits per heavy atom. The number of anilines is 3. The van der Waals surface area contributed by atoms with E-state index in [1.807, 2.05) is 48.5 Å². The molecule has 0 spiro atoms. The molecule has 2 aromatic heterocycles. The number of rotatable bonds is 7. The van der Waals surface area contributed by atoms with Crippen molar-refractivity contribution in [3.8, 4) is 5.75 Å². The van der Waals surface area contributed by atoms with Gasteiger partial charge in [0.15, 0.2) is 0 Å². The Morgan fingerprint density at radius 1 is 1.03 bits per heavy atom. The van der Waals surface area contributed by atoms with Crippen LogP contribution < -0.4 is 20.7 Å². The standard InChI is InChI=1S/C26H25ClN6O2/c27-22-14-19(5-7-24(22)35-15-20-3-1-2-10-29-20)32-25-21-13-18(4-6-23(21)30-16-31-25)33-26(34)17-8-11-28-12-9-17/h1-7,10,13-14,16-17,28H,8-9,11-12,15H2,(H,33,34)(H,30,31,32). The van der Waals surface area contributed by atoms with Crippen LogP contribution in [0.15, 0.2) is 67.1 Å². The number of ether oxygens (including phenoxy) is 1. The lowest BCUT2D eigenvalue weighted by Crippen LogP contribution is -2.34. The fraction of sp³-hybridized carbons (Fsp3) is 0.231. The van der Waals surface area contributed by atoms with E-state index in [0.717, 1.165) is 53.9 Å². The van der Waals surface area contributed by atoms with Crippen molar-refractivity contribution in [2.75, 3.05) is 23.7 Å². The molecule has 1 aliphatic rings. The van der Waals surface area contributed by atoms with Crippen molar-refractivity contribution in [3.05, 3.63) is 77.8 Å². The zero-order chi connectivity index (χ0) is 24.0. The zero-order valence-corrected chi connectivity index (χ0v) is 19.8. The molecule has 1 fully saturated rings. The Bertz CT molecular complexity index is 1330. The quantitative estimate of drug-likeness (QED) is 0.338. The van der Waals surface area contributed by atoms with Crippen molar-refractivity contribution < 1.29 is 9.53 Å². The first kappa shape index (κ1) is 23.0. The predicted molar refractivity (Wildman–Crippen MR) is 137 cm³/mol. The summed E-state index contributed by atoms with van der Waals surface area (Å²) in [5, 5.41) is 10.9. The molecule has 35 heavy (non-hydrogen) atoms. The monoisotopic (exact) mass is 488 g/mol. The second kappa shape index (κ2) is 10.7. The number of benzene rings is 2. The van der Waals surface area contributed by atoms with E-state index in [1.165, 1.54) is 6.33 Å². The van der Waals surface area contributed by atoms with E-state index in [0.29, 0.717) is 23.2 Å². The first-order chi connectivity index (χ1) is 17.2. The summed E-state index contributed by atoms with van der Waals surface area (Å²) in [4.78, 5) is 25.7. The minimum atomic E-state index is 0.0251. The van der Waals surface area contributed by atoms with Crippen LogP contribution in [-0.4, -0.2) is 33.9 Å². The van der Waals surface area contributed by atoms with Crippen molar-refractivity contribution in [1.82, 2.24) is 20.3 Å². The molecule has 2 aromatic carbocycles. The lowest BCUT2D eigenvalue weighted by atomic mass is 9.97. The van der Waals surface area contributed by atoms with Gasteiger partial charge in [0.05, 0.1) is 16.2 Å². The number of fused-ring (bicyclic) bond motifs is 1. The molecular weight excluding hydrogens is 464 g/mol. The van der Waals surface area contributed by atoms with Gasteiger partial charge in [-0.25, -0.2) is 9.97 Å².